The summed E-state index contributed by atoms with van der Waals surface area (Å²) in [5.74, 6) is 2.18. The highest BCUT2D eigenvalue weighted by Gasteiger charge is 2.07. The van der Waals surface area contributed by atoms with Gasteiger partial charge >= 0.3 is 0 Å². The van der Waals surface area contributed by atoms with Crippen LogP contribution < -0.4 is 15.5 Å². The van der Waals surface area contributed by atoms with E-state index in [0.717, 1.165) is 36.7 Å². The van der Waals surface area contributed by atoms with Crippen molar-refractivity contribution in [3.63, 3.8) is 0 Å². The van der Waals surface area contributed by atoms with Gasteiger partial charge in [0.1, 0.15) is 11.6 Å². The number of aliphatic imine (C=N–C) groups is 1. The molecule has 0 saturated heterocycles. The molecule has 0 fully saturated rings. The lowest BCUT2D eigenvalue weighted by Crippen LogP contribution is -2.39. The monoisotopic (exact) mass is 437 g/mol. The van der Waals surface area contributed by atoms with E-state index in [0.29, 0.717) is 24.6 Å². The number of aromatic nitrogens is 3. The van der Waals surface area contributed by atoms with Gasteiger partial charge in [0, 0.05) is 32.9 Å². The number of nitrogens with zero attached hydrogens (tertiary/aromatic N) is 5. The summed E-state index contributed by atoms with van der Waals surface area (Å²) < 4.78 is 15.5. The fraction of sp³-hybridized carbons (Fsp3) is 0.375. The number of halogens is 1. The first-order valence-electron chi connectivity index (χ1n) is 10.8. The molecule has 2 aromatic carbocycles. The van der Waals surface area contributed by atoms with Crippen LogP contribution in [0.15, 0.2) is 53.5 Å². The summed E-state index contributed by atoms with van der Waals surface area (Å²) >= 11 is 0. The molecule has 0 aliphatic heterocycles. The van der Waals surface area contributed by atoms with Gasteiger partial charge in [0.25, 0.3) is 0 Å². The highest BCUT2D eigenvalue weighted by atomic mass is 19.1. The van der Waals surface area contributed by atoms with Crippen LogP contribution in [0.25, 0.3) is 0 Å². The van der Waals surface area contributed by atoms with Crippen LogP contribution in [0.3, 0.4) is 0 Å². The molecule has 0 saturated carbocycles. The van der Waals surface area contributed by atoms with Crippen molar-refractivity contribution in [2.45, 2.75) is 33.4 Å². The minimum atomic E-state index is -0.200. The molecular formula is C24H32FN7. The number of hydrogen-bond donors (Lipinski definition) is 2. The third-order valence-corrected chi connectivity index (χ3v) is 5.40. The summed E-state index contributed by atoms with van der Waals surface area (Å²) in [4.78, 5) is 6.92. The predicted molar refractivity (Wildman–Crippen MR) is 127 cm³/mol. The van der Waals surface area contributed by atoms with Crippen LogP contribution in [0, 0.1) is 19.7 Å². The Kier molecular flexibility index (Phi) is 8.19. The van der Waals surface area contributed by atoms with Gasteiger partial charge in [0.2, 0.25) is 0 Å². The van der Waals surface area contributed by atoms with E-state index in [9.17, 15) is 4.39 Å². The summed E-state index contributed by atoms with van der Waals surface area (Å²) in [7, 11) is 4.03. The van der Waals surface area contributed by atoms with Gasteiger partial charge in [-0.25, -0.2) is 9.38 Å². The van der Waals surface area contributed by atoms with E-state index in [-0.39, 0.29) is 5.82 Å². The second-order valence-corrected chi connectivity index (χ2v) is 7.86. The Hall–Kier alpha value is -3.42. The van der Waals surface area contributed by atoms with Crippen molar-refractivity contribution in [2.24, 2.45) is 12.0 Å². The van der Waals surface area contributed by atoms with E-state index >= 15 is 0 Å². The molecule has 3 rings (SSSR count). The molecule has 7 nitrogen and oxygen atoms in total. The molecule has 0 bridgehead atoms. The molecule has 0 amide bonds. The van der Waals surface area contributed by atoms with E-state index in [1.54, 1.807) is 13.0 Å². The van der Waals surface area contributed by atoms with Crippen LogP contribution >= 0.6 is 0 Å². The molecule has 32 heavy (non-hydrogen) atoms. The average Bonchev–Trinajstić information content (AvgIpc) is 3.12. The number of para-hydroxylation sites is 1. The van der Waals surface area contributed by atoms with Crippen LogP contribution in [-0.2, 0) is 20.1 Å². The minimum absolute atomic E-state index is 0.200. The first-order chi connectivity index (χ1) is 15.4. The Morgan fingerprint density at radius 2 is 1.88 bits per heavy atom. The molecular weight excluding hydrogens is 405 g/mol. The highest BCUT2D eigenvalue weighted by molar-refractivity contribution is 5.79. The van der Waals surface area contributed by atoms with Gasteiger partial charge in [0.15, 0.2) is 11.8 Å². The summed E-state index contributed by atoms with van der Waals surface area (Å²) in [6, 6.07) is 15.4. The third-order valence-electron chi connectivity index (χ3n) is 5.40. The van der Waals surface area contributed by atoms with Gasteiger partial charge in [0.05, 0.1) is 13.1 Å². The predicted octanol–water partition coefficient (Wildman–Crippen LogP) is 3.33. The number of guanidine groups is 1. The first-order valence-corrected chi connectivity index (χ1v) is 10.8. The van der Waals surface area contributed by atoms with E-state index < -0.39 is 0 Å². The van der Waals surface area contributed by atoms with Crippen molar-refractivity contribution in [1.82, 2.24) is 25.4 Å². The molecule has 1 aromatic heterocycles. The zero-order chi connectivity index (χ0) is 22.9. The van der Waals surface area contributed by atoms with Gasteiger partial charge in [-0.3, -0.25) is 0 Å². The Bertz CT molecular complexity index is 1030. The summed E-state index contributed by atoms with van der Waals surface area (Å²) in [5, 5.41) is 15.0. The van der Waals surface area contributed by atoms with Crippen LogP contribution in [0.2, 0.25) is 0 Å². The van der Waals surface area contributed by atoms with Gasteiger partial charge in [-0.2, -0.15) is 0 Å². The maximum atomic E-state index is 13.6. The van der Waals surface area contributed by atoms with Crippen molar-refractivity contribution in [1.29, 1.82) is 0 Å². The smallest absolute Gasteiger partial charge is 0.191 e. The number of benzene rings is 2. The molecule has 0 unspecified atom stereocenters. The zero-order valence-corrected chi connectivity index (χ0v) is 19.3. The van der Waals surface area contributed by atoms with Crippen molar-refractivity contribution >= 4 is 11.6 Å². The second-order valence-electron chi connectivity index (χ2n) is 7.86. The zero-order valence-electron chi connectivity index (χ0n) is 19.3. The molecule has 0 radical (unpaired) electrons. The summed E-state index contributed by atoms with van der Waals surface area (Å²) in [6.45, 7) is 6.34. The largest absolute Gasteiger partial charge is 0.375 e. The van der Waals surface area contributed by atoms with Crippen molar-refractivity contribution in [3.05, 3.63) is 77.1 Å². The molecule has 2 N–H and O–H groups in total. The Morgan fingerprint density at radius 1 is 1.09 bits per heavy atom. The standard InChI is InChI=1S/C24H32FN7/c1-18-15-20(11-12-22(18)25)16-27-24(28-17-23-30-29-19(2)32(23)4)26-13-8-14-31(3)21-9-6-5-7-10-21/h5-7,9-12,15H,8,13-14,16-17H2,1-4H3,(H2,26,27,28). The topological polar surface area (TPSA) is 70.4 Å². The first kappa shape index (κ1) is 23.2. The van der Waals surface area contributed by atoms with E-state index in [1.807, 2.05) is 42.8 Å². The van der Waals surface area contributed by atoms with Crippen molar-refractivity contribution in [3.8, 4) is 0 Å². The molecule has 8 heteroatoms. The lowest BCUT2D eigenvalue weighted by molar-refractivity contribution is 0.617. The average molecular weight is 438 g/mol. The molecule has 0 aliphatic carbocycles. The third kappa shape index (κ3) is 6.54. The van der Waals surface area contributed by atoms with Gasteiger partial charge in [-0.15, -0.1) is 10.2 Å². The van der Waals surface area contributed by atoms with Gasteiger partial charge in [-0.1, -0.05) is 30.3 Å². The van der Waals surface area contributed by atoms with Crippen LogP contribution in [-0.4, -0.2) is 40.9 Å². The Morgan fingerprint density at radius 3 is 2.56 bits per heavy atom. The molecule has 3 aromatic rings. The van der Waals surface area contributed by atoms with E-state index in [1.165, 1.54) is 11.8 Å². The molecule has 1 heterocycles. The summed E-state index contributed by atoms with van der Waals surface area (Å²) in [6.07, 6.45) is 0.949. The minimum Gasteiger partial charge on any atom is -0.375 e. The van der Waals surface area contributed by atoms with Crippen LogP contribution in [0.5, 0.6) is 0 Å². The van der Waals surface area contributed by atoms with Gasteiger partial charge in [-0.05, 0) is 49.6 Å². The number of aryl methyl sites for hydroxylation is 2. The maximum Gasteiger partial charge on any atom is 0.191 e. The number of anilines is 1. The van der Waals surface area contributed by atoms with E-state index in [2.05, 4.69) is 44.9 Å². The fourth-order valence-corrected chi connectivity index (χ4v) is 3.25. The fourth-order valence-electron chi connectivity index (χ4n) is 3.25. The molecule has 0 spiro atoms. The van der Waals surface area contributed by atoms with Crippen LogP contribution in [0.1, 0.15) is 29.2 Å². The van der Waals surface area contributed by atoms with Crippen LogP contribution in [0.4, 0.5) is 10.1 Å². The SMILES string of the molecule is Cc1cc(CN=C(NCCCN(C)c2ccccc2)NCc2nnc(C)n2C)ccc1F. The van der Waals surface area contributed by atoms with Crippen molar-refractivity contribution in [2.75, 3.05) is 25.0 Å². The summed E-state index contributed by atoms with van der Waals surface area (Å²) in [5.41, 5.74) is 2.78. The van der Waals surface area contributed by atoms with Crippen molar-refractivity contribution < 1.29 is 4.39 Å². The normalized spacial score (nSPS) is 11.5. The molecule has 170 valence electrons. The highest BCUT2D eigenvalue weighted by Crippen LogP contribution is 2.11. The quantitative estimate of drug-likeness (QED) is 0.305. The Labute approximate surface area is 189 Å². The number of rotatable bonds is 9. The second kappa shape index (κ2) is 11.3. The van der Waals surface area contributed by atoms with E-state index in [4.69, 9.17) is 4.99 Å². The maximum absolute atomic E-state index is 13.6. The molecule has 0 aliphatic rings. The Balaban J connectivity index is 1.58. The number of nitrogens with one attached hydrogen (secondary N) is 2. The lowest BCUT2D eigenvalue weighted by atomic mass is 10.1. The molecule has 0 atom stereocenters. The van der Waals surface area contributed by atoms with Gasteiger partial charge < -0.3 is 20.1 Å². The lowest BCUT2D eigenvalue weighted by Gasteiger charge is -2.19. The number of hydrogen-bond acceptors (Lipinski definition) is 4.